The van der Waals surface area contributed by atoms with E-state index in [1.165, 1.54) is 23.0 Å². The molecule has 1 amide bonds. The Morgan fingerprint density at radius 2 is 1.96 bits per heavy atom. The van der Waals surface area contributed by atoms with Gasteiger partial charge in [0.2, 0.25) is 5.91 Å². The Bertz CT molecular complexity index is 750. The third kappa shape index (κ3) is 4.09. The van der Waals surface area contributed by atoms with Gasteiger partial charge in [0, 0.05) is 6.54 Å². The highest BCUT2D eigenvalue weighted by Crippen LogP contribution is 2.10. The molecule has 0 fully saturated rings. The van der Waals surface area contributed by atoms with E-state index in [9.17, 15) is 25.0 Å². The predicted molar refractivity (Wildman–Crippen MR) is 75.5 cm³/mol. The number of hydrogen-bond donors (Lipinski definition) is 1. The van der Waals surface area contributed by atoms with E-state index in [1.807, 2.05) is 0 Å². The number of nitrogens with one attached hydrogen (secondary N) is 1. The fraction of sp³-hybridized carbons (Fsp3) is 0.364. The molecule has 2 aromatic heterocycles. The molecular weight excluding hydrogens is 310 g/mol. The van der Waals surface area contributed by atoms with Crippen molar-refractivity contribution in [3.8, 4) is 0 Å². The lowest BCUT2D eigenvalue weighted by Crippen LogP contribution is -2.31. The molecule has 2 rings (SSSR count). The quantitative estimate of drug-likeness (QED) is 0.557. The standard InChI is InChI=1S/C11H13N7O5/c1-8-6-10(18(22)23)14-16(8)5-3-12-11(19)7-15-4-2-9(13-15)17(20)21/h2,4,6H,3,5,7H2,1H3,(H,12,19). The van der Waals surface area contributed by atoms with E-state index >= 15 is 0 Å². The molecule has 0 spiro atoms. The SMILES string of the molecule is Cc1cc([N+](=O)[O-])nn1CCNC(=O)Cn1ccc([N+](=O)[O-])n1. The molecular formula is C11H13N7O5. The van der Waals surface area contributed by atoms with E-state index < -0.39 is 9.85 Å². The van der Waals surface area contributed by atoms with Crippen molar-refractivity contribution in [1.29, 1.82) is 0 Å². The second-order valence-electron chi connectivity index (χ2n) is 4.60. The molecule has 122 valence electrons. The zero-order chi connectivity index (χ0) is 17.0. The van der Waals surface area contributed by atoms with Gasteiger partial charge in [-0.1, -0.05) is 0 Å². The first-order chi connectivity index (χ1) is 10.9. The average molecular weight is 323 g/mol. The van der Waals surface area contributed by atoms with E-state index in [-0.39, 0.29) is 37.2 Å². The molecule has 23 heavy (non-hydrogen) atoms. The van der Waals surface area contributed by atoms with Gasteiger partial charge in [0.15, 0.2) is 0 Å². The molecule has 0 radical (unpaired) electrons. The van der Waals surface area contributed by atoms with Crippen molar-refractivity contribution in [3.05, 3.63) is 44.3 Å². The van der Waals surface area contributed by atoms with Crippen LogP contribution in [-0.4, -0.2) is 41.9 Å². The number of carbonyl (C=O) groups excluding carboxylic acids is 1. The fourth-order valence-electron chi connectivity index (χ4n) is 1.85. The van der Waals surface area contributed by atoms with Crippen molar-refractivity contribution < 1.29 is 14.6 Å². The smallest absolute Gasteiger partial charge is 0.358 e. The van der Waals surface area contributed by atoms with Gasteiger partial charge in [-0.15, -0.1) is 0 Å². The zero-order valence-corrected chi connectivity index (χ0v) is 12.1. The Balaban J connectivity index is 1.82. The molecule has 0 bridgehead atoms. The highest BCUT2D eigenvalue weighted by atomic mass is 16.6. The van der Waals surface area contributed by atoms with Gasteiger partial charge in [-0.3, -0.25) is 4.79 Å². The van der Waals surface area contributed by atoms with Gasteiger partial charge in [0.05, 0.1) is 40.8 Å². The maximum Gasteiger partial charge on any atom is 0.390 e. The number of aromatic nitrogens is 4. The number of aryl methyl sites for hydroxylation is 1. The molecule has 12 heteroatoms. The van der Waals surface area contributed by atoms with Crippen LogP contribution in [0.25, 0.3) is 0 Å². The lowest BCUT2D eigenvalue weighted by molar-refractivity contribution is -0.390. The highest BCUT2D eigenvalue weighted by molar-refractivity contribution is 5.75. The Kier molecular flexibility index (Phi) is 4.64. The summed E-state index contributed by atoms with van der Waals surface area (Å²) in [5.74, 6) is -0.975. The van der Waals surface area contributed by atoms with E-state index in [0.29, 0.717) is 5.69 Å². The van der Waals surface area contributed by atoms with Crippen LogP contribution in [0.1, 0.15) is 5.69 Å². The van der Waals surface area contributed by atoms with Gasteiger partial charge in [-0.05, 0) is 16.8 Å². The molecule has 2 heterocycles. The molecule has 0 saturated heterocycles. The first-order valence-corrected chi connectivity index (χ1v) is 6.50. The van der Waals surface area contributed by atoms with Crippen LogP contribution < -0.4 is 5.32 Å². The minimum absolute atomic E-state index is 0.161. The van der Waals surface area contributed by atoms with E-state index in [2.05, 4.69) is 15.5 Å². The lowest BCUT2D eigenvalue weighted by atomic mass is 10.4. The van der Waals surface area contributed by atoms with Crippen molar-refractivity contribution in [2.24, 2.45) is 0 Å². The largest absolute Gasteiger partial charge is 0.390 e. The molecule has 0 aliphatic rings. The Morgan fingerprint density at radius 3 is 2.52 bits per heavy atom. The monoisotopic (exact) mass is 323 g/mol. The molecule has 0 aromatic carbocycles. The van der Waals surface area contributed by atoms with Gasteiger partial charge in [-0.2, -0.15) is 9.36 Å². The summed E-state index contributed by atoms with van der Waals surface area (Å²) in [6, 6.07) is 2.53. The Labute approximate surface area is 129 Å². The van der Waals surface area contributed by atoms with Crippen LogP contribution in [0, 0.1) is 27.2 Å². The summed E-state index contributed by atoms with van der Waals surface area (Å²) in [6.45, 7) is 1.99. The van der Waals surface area contributed by atoms with Crippen molar-refractivity contribution in [2.75, 3.05) is 6.54 Å². The maximum absolute atomic E-state index is 11.7. The van der Waals surface area contributed by atoms with Crippen LogP contribution >= 0.6 is 0 Å². The van der Waals surface area contributed by atoms with Crippen molar-refractivity contribution in [1.82, 2.24) is 24.9 Å². The summed E-state index contributed by atoms with van der Waals surface area (Å²) in [4.78, 5) is 31.5. The number of nitro groups is 2. The topological polar surface area (TPSA) is 151 Å². The molecule has 0 atom stereocenters. The summed E-state index contributed by atoms with van der Waals surface area (Å²) in [6.07, 6.45) is 1.33. The van der Waals surface area contributed by atoms with Crippen LogP contribution in [0.5, 0.6) is 0 Å². The fourth-order valence-corrected chi connectivity index (χ4v) is 1.85. The number of carbonyl (C=O) groups is 1. The minimum Gasteiger partial charge on any atom is -0.358 e. The van der Waals surface area contributed by atoms with E-state index in [4.69, 9.17) is 0 Å². The summed E-state index contributed by atoms with van der Waals surface area (Å²) >= 11 is 0. The van der Waals surface area contributed by atoms with Gasteiger partial charge >= 0.3 is 11.6 Å². The van der Waals surface area contributed by atoms with Crippen LogP contribution in [-0.2, 0) is 17.9 Å². The molecule has 0 aliphatic heterocycles. The van der Waals surface area contributed by atoms with Crippen molar-refractivity contribution in [3.63, 3.8) is 0 Å². The number of rotatable bonds is 7. The maximum atomic E-state index is 11.7. The van der Waals surface area contributed by atoms with Gasteiger partial charge in [-0.25, -0.2) is 0 Å². The summed E-state index contributed by atoms with van der Waals surface area (Å²) in [5, 5.41) is 31.1. The second kappa shape index (κ2) is 6.64. The lowest BCUT2D eigenvalue weighted by Gasteiger charge is -2.03. The molecule has 0 saturated carbocycles. The van der Waals surface area contributed by atoms with Gasteiger partial charge in [0.1, 0.15) is 6.54 Å². The summed E-state index contributed by atoms with van der Waals surface area (Å²) in [5.41, 5.74) is 0.605. The number of nitrogens with zero attached hydrogens (tertiary/aromatic N) is 6. The van der Waals surface area contributed by atoms with Crippen molar-refractivity contribution >= 4 is 17.5 Å². The number of hydrogen-bond acceptors (Lipinski definition) is 7. The van der Waals surface area contributed by atoms with Crippen LogP contribution in [0.2, 0.25) is 0 Å². The Morgan fingerprint density at radius 1 is 1.26 bits per heavy atom. The number of amides is 1. The molecule has 0 unspecified atom stereocenters. The van der Waals surface area contributed by atoms with Gasteiger partial charge in [0.25, 0.3) is 0 Å². The second-order valence-corrected chi connectivity index (χ2v) is 4.60. The first kappa shape index (κ1) is 16.1. The predicted octanol–water partition coefficient (Wildman–Crippen LogP) is 0.0208. The molecule has 2 aromatic rings. The summed E-state index contributed by atoms with van der Waals surface area (Å²) in [7, 11) is 0. The molecule has 12 nitrogen and oxygen atoms in total. The zero-order valence-electron chi connectivity index (χ0n) is 12.1. The third-order valence-corrected chi connectivity index (χ3v) is 2.92. The van der Waals surface area contributed by atoms with Gasteiger partial charge < -0.3 is 25.5 Å². The Hall–Kier alpha value is -3.31. The van der Waals surface area contributed by atoms with Crippen LogP contribution in [0.3, 0.4) is 0 Å². The van der Waals surface area contributed by atoms with E-state index in [1.54, 1.807) is 6.92 Å². The minimum atomic E-state index is -0.651. The molecule has 1 N–H and O–H groups in total. The summed E-state index contributed by atoms with van der Waals surface area (Å²) < 4.78 is 2.56. The normalized spacial score (nSPS) is 10.5. The van der Waals surface area contributed by atoms with Crippen LogP contribution in [0.15, 0.2) is 18.3 Å². The van der Waals surface area contributed by atoms with Crippen LogP contribution in [0.4, 0.5) is 11.6 Å². The van der Waals surface area contributed by atoms with E-state index in [0.717, 1.165) is 4.68 Å². The third-order valence-electron chi connectivity index (χ3n) is 2.92. The molecule has 0 aliphatic carbocycles. The average Bonchev–Trinajstić information content (AvgIpc) is 3.06. The highest BCUT2D eigenvalue weighted by Gasteiger charge is 2.16. The van der Waals surface area contributed by atoms with Crippen molar-refractivity contribution in [2.45, 2.75) is 20.0 Å². The first-order valence-electron chi connectivity index (χ1n) is 6.50.